The highest BCUT2D eigenvalue weighted by Crippen LogP contribution is 2.11. The number of hydrogen-bond acceptors (Lipinski definition) is 4. The second-order valence-corrected chi connectivity index (χ2v) is 3.94. The van der Waals surface area contributed by atoms with Crippen molar-refractivity contribution in [1.29, 1.82) is 0 Å². The van der Waals surface area contributed by atoms with Crippen LogP contribution in [0, 0.1) is 17.7 Å². The fourth-order valence-electron chi connectivity index (χ4n) is 1.45. The molecule has 0 atom stereocenters. The van der Waals surface area contributed by atoms with Crippen molar-refractivity contribution in [1.82, 2.24) is 4.90 Å². The predicted octanol–water partition coefficient (Wildman–Crippen LogP) is 0.381. The third-order valence-corrected chi connectivity index (χ3v) is 2.48. The van der Waals surface area contributed by atoms with Crippen molar-refractivity contribution in [3.8, 4) is 11.8 Å². The monoisotopic (exact) mass is 278 g/mol. The lowest BCUT2D eigenvalue weighted by Gasteiger charge is -2.15. The van der Waals surface area contributed by atoms with Gasteiger partial charge in [-0.1, -0.05) is 11.8 Å². The summed E-state index contributed by atoms with van der Waals surface area (Å²) in [5.41, 5.74) is 5.50. The molecule has 0 bridgehead atoms. The Labute approximate surface area is 116 Å². The number of likely N-dealkylation sites (N-methyl/N-ethyl adjacent to an activating group) is 1. The first-order valence-corrected chi connectivity index (χ1v) is 5.80. The summed E-state index contributed by atoms with van der Waals surface area (Å²) >= 11 is 0. The van der Waals surface area contributed by atoms with Gasteiger partial charge >= 0.3 is 5.97 Å². The van der Waals surface area contributed by atoms with Crippen molar-refractivity contribution in [2.75, 3.05) is 27.2 Å². The summed E-state index contributed by atoms with van der Waals surface area (Å²) in [6.45, 7) is -0.0757. The Bertz CT molecular complexity index is 576. The molecule has 20 heavy (non-hydrogen) atoms. The van der Waals surface area contributed by atoms with E-state index in [2.05, 4.69) is 16.6 Å². The number of halogens is 1. The maximum Gasteiger partial charge on any atom is 0.325 e. The van der Waals surface area contributed by atoms with E-state index >= 15 is 0 Å². The summed E-state index contributed by atoms with van der Waals surface area (Å²) < 4.78 is 18.2. The predicted molar refractivity (Wildman–Crippen MR) is 71.3 cm³/mol. The van der Waals surface area contributed by atoms with Crippen LogP contribution in [0.2, 0.25) is 0 Å². The van der Waals surface area contributed by atoms with E-state index in [4.69, 9.17) is 5.73 Å². The van der Waals surface area contributed by atoms with Crippen molar-refractivity contribution < 1.29 is 18.7 Å². The second kappa shape index (κ2) is 7.26. The van der Waals surface area contributed by atoms with Gasteiger partial charge in [0.15, 0.2) is 0 Å². The normalized spacial score (nSPS) is 9.40. The van der Waals surface area contributed by atoms with Crippen molar-refractivity contribution in [3.63, 3.8) is 0 Å². The van der Waals surface area contributed by atoms with Crippen LogP contribution >= 0.6 is 0 Å². The molecule has 0 radical (unpaired) electrons. The number of nitrogens with zero attached hydrogens (tertiary/aromatic N) is 1. The molecule has 106 valence electrons. The molecule has 0 aliphatic rings. The van der Waals surface area contributed by atoms with E-state index in [-0.39, 0.29) is 24.2 Å². The first-order chi connectivity index (χ1) is 9.49. The van der Waals surface area contributed by atoms with Crippen molar-refractivity contribution in [2.24, 2.45) is 5.73 Å². The van der Waals surface area contributed by atoms with Crippen LogP contribution < -0.4 is 5.73 Å². The molecular formula is C14H15FN2O3. The maximum absolute atomic E-state index is 13.7. The fraction of sp³-hybridized carbons (Fsp3) is 0.286. The van der Waals surface area contributed by atoms with Gasteiger partial charge in [0.25, 0.3) is 5.91 Å². The Kier molecular flexibility index (Phi) is 5.69. The first-order valence-electron chi connectivity index (χ1n) is 5.80. The van der Waals surface area contributed by atoms with Crippen LogP contribution in [0.15, 0.2) is 18.2 Å². The number of ether oxygens (including phenoxy) is 1. The minimum Gasteiger partial charge on any atom is -0.468 e. The van der Waals surface area contributed by atoms with E-state index in [0.717, 1.165) is 11.0 Å². The highest BCUT2D eigenvalue weighted by Gasteiger charge is 2.16. The van der Waals surface area contributed by atoms with E-state index in [9.17, 15) is 14.0 Å². The zero-order valence-electron chi connectivity index (χ0n) is 11.3. The molecule has 0 saturated heterocycles. The van der Waals surface area contributed by atoms with Crippen LogP contribution in [-0.4, -0.2) is 44.0 Å². The molecule has 1 amide bonds. The number of methoxy groups -OCH3 is 1. The summed E-state index contributed by atoms with van der Waals surface area (Å²) in [6.07, 6.45) is 0. The largest absolute Gasteiger partial charge is 0.468 e. The molecule has 6 heteroatoms. The molecule has 0 unspecified atom stereocenters. The molecule has 1 aromatic carbocycles. The van der Waals surface area contributed by atoms with Gasteiger partial charge in [-0.15, -0.1) is 0 Å². The van der Waals surface area contributed by atoms with Gasteiger partial charge in [-0.3, -0.25) is 9.59 Å². The van der Waals surface area contributed by atoms with Crippen LogP contribution in [-0.2, 0) is 9.53 Å². The molecule has 0 spiro atoms. The lowest BCUT2D eigenvalue weighted by molar-refractivity contribution is -0.141. The van der Waals surface area contributed by atoms with Crippen LogP contribution in [0.1, 0.15) is 15.9 Å². The number of carbonyl (C=O) groups excluding carboxylic acids is 2. The number of benzene rings is 1. The van der Waals surface area contributed by atoms with E-state index < -0.39 is 17.7 Å². The van der Waals surface area contributed by atoms with E-state index in [1.807, 2.05) is 0 Å². The lowest BCUT2D eigenvalue weighted by Crippen LogP contribution is -2.32. The van der Waals surface area contributed by atoms with Gasteiger partial charge in [-0.05, 0) is 18.2 Å². The molecule has 5 nitrogen and oxygen atoms in total. The number of rotatable bonds is 3. The number of nitrogens with two attached hydrogens (primary N) is 1. The molecular weight excluding hydrogens is 263 g/mol. The molecule has 1 rings (SSSR count). The quantitative estimate of drug-likeness (QED) is 0.641. The number of carbonyl (C=O) groups is 2. The smallest absolute Gasteiger partial charge is 0.325 e. The van der Waals surface area contributed by atoms with Gasteiger partial charge < -0.3 is 15.4 Å². The number of esters is 1. The first kappa shape index (κ1) is 15.7. The summed E-state index contributed by atoms with van der Waals surface area (Å²) in [6, 6.07) is 3.92. The Balaban J connectivity index is 2.89. The van der Waals surface area contributed by atoms with Gasteiger partial charge in [0.05, 0.1) is 19.2 Å². The Morgan fingerprint density at radius 2 is 2.15 bits per heavy atom. The van der Waals surface area contributed by atoms with Crippen LogP contribution in [0.5, 0.6) is 0 Å². The van der Waals surface area contributed by atoms with E-state index in [1.165, 1.54) is 26.3 Å². The van der Waals surface area contributed by atoms with Crippen LogP contribution in [0.3, 0.4) is 0 Å². The Hall–Kier alpha value is -2.39. The summed E-state index contributed by atoms with van der Waals surface area (Å²) in [5.74, 6) is 3.46. The van der Waals surface area contributed by atoms with E-state index in [0.29, 0.717) is 0 Å². The topological polar surface area (TPSA) is 72.6 Å². The zero-order valence-corrected chi connectivity index (χ0v) is 11.3. The molecule has 1 aromatic rings. The van der Waals surface area contributed by atoms with Crippen LogP contribution in [0.25, 0.3) is 0 Å². The van der Waals surface area contributed by atoms with Crippen molar-refractivity contribution >= 4 is 11.9 Å². The van der Waals surface area contributed by atoms with Gasteiger partial charge in [-0.25, -0.2) is 4.39 Å². The molecule has 0 heterocycles. The standard InChI is InChI=1S/C14H15FN2O3/c1-17(9-13(18)20-2)14(19)11-6-5-10(4-3-7-16)12(15)8-11/h5-6,8H,7,9,16H2,1-2H3. The fourth-order valence-corrected chi connectivity index (χ4v) is 1.45. The van der Waals surface area contributed by atoms with E-state index in [1.54, 1.807) is 0 Å². The average Bonchev–Trinajstić information content (AvgIpc) is 2.44. The van der Waals surface area contributed by atoms with Gasteiger partial charge in [0, 0.05) is 12.6 Å². The molecule has 0 aliphatic carbocycles. The third-order valence-electron chi connectivity index (χ3n) is 2.48. The Morgan fingerprint density at radius 3 is 2.70 bits per heavy atom. The zero-order chi connectivity index (χ0) is 15.1. The minimum absolute atomic E-state index is 0.127. The maximum atomic E-state index is 13.7. The summed E-state index contributed by atoms with van der Waals surface area (Å²) in [4.78, 5) is 24.2. The van der Waals surface area contributed by atoms with Gasteiger partial charge in [-0.2, -0.15) is 0 Å². The summed E-state index contributed by atoms with van der Waals surface area (Å²) in [5, 5.41) is 0. The summed E-state index contributed by atoms with van der Waals surface area (Å²) in [7, 11) is 2.66. The molecule has 0 saturated carbocycles. The highest BCUT2D eigenvalue weighted by molar-refractivity contribution is 5.95. The highest BCUT2D eigenvalue weighted by atomic mass is 19.1. The lowest BCUT2D eigenvalue weighted by atomic mass is 10.1. The molecule has 2 N–H and O–H groups in total. The second-order valence-electron chi connectivity index (χ2n) is 3.94. The average molecular weight is 278 g/mol. The Morgan fingerprint density at radius 1 is 1.45 bits per heavy atom. The van der Waals surface area contributed by atoms with Crippen molar-refractivity contribution in [2.45, 2.75) is 0 Å². The number of hydrogen-bond donors (Lipinski definition) is 1. The molecule has 0 fully saturated rings. The SMILES string of the molecule is COC(=O)CN(C)C(=O)c1ccc(C#CCN)c(F)c1. The van der Waals surface area contributed by atoms with Crippen LogP contribution in [0.4, 0.5) is 4.39 Å². The molecule has 0 aromatic heterocycles. The third kappa shape index (κ3) is 4.07. The molecule has 0 aliphatic heterocycles. The van der Waals surface area contributed by atoms with Gasteiger partial charge in [0.1, 0.15) is 12.4 Å². The van der Waals surface area contributed by atoms with Gasteiger partial charge in [0.2, 0.25) is 0 Å². The number of amides is 1. The minimum atomic E-state index is -0.608. The van der Waals surface area contributed by atoms with Crippen molar-refractivity contribution in [3.05, 3.63) is 35.1 Å².